The van der Waals surface area contributed by atoms with Crippen LogP contribution >= 0.6 is 0 Å². The summed E-state index contributed by atoms with van der Waals surface area (Å²) in [5.41, 5.74) is -1.53. The fraction of sp³-hybridized carbons (Fsp3) is 0.864. The molecule has 3 rings (SSSR count). The van der Waals surface area contributed by atoms with Gasteiger partial charge in [0.15, 0.2) is 0 Å². The summed E-state index contributed by atoms with van der Waals surface area (Å²) in [4.78, 5) is 40.9. The van der Waals surface area contributed by atoms with E-state index in [2.05, 4.69) is 26.1 Å². The molecule has 0 aliphatic carbocycles. The molecule has 8 heteroatoms. The van der Waals surface area contributed by atoms with Crippen molar-refractivity contribution in [2.24, 2.45) is 17.3 Å². The van der Waals surface area contributed by atoms with Crippen molar-refractivity contribution >= 4 is 17.8 Å². The van der Waals surface area contributed by atoms with Gasteiger partial charge in [0.25, 0.3) is 0 Å². The maximum Gasteiger partial charge on any atom is 0.312 e. The Labute approximate surface area is 178 Å². The molecule has 30 heavy (non-hydrogen) atoms. The first-order valence-electron chi connectivity index (χ1n) is 10.9. The van der Waals surface area contributed by atoms with Gasteiger partial charge in [-0.1, -0.05) is 20.8 Å². The minimum absolute atomic E-state index is 0.00516. The van der Waals surface area contributed by atoms with Gasteiger partial charge in [0.1, 0.15) is 11.6 Å². The highest BCUT2D eigenvalue weighted by Gasteiger charge is 2.74. The lowest BCUT2D eigenvalue weighted by molar-refractivity contribution is -0.154. The van der Waals surface area contributed by atoms with Crippen LogP contribution in [0, 0.1) is 17.3 Å². The lowest BCUT2D eigenvalue weighted by Gasteiger charge is -2.38. The van der Waals surface area contributed by atoms with E-state index in [4.69, 9.17) is 9.47 Å². The Bertz CT molecular complexity index is 715. The largest absolute Gasteiger partial charge is 0.466 e. The van der Waals surface area contributed by atoms with Crippen molar-refractivity contribution in [1.29, 1.82) is 0 Å². The molecule has 2 unspecified atom stereocenters. The van der Waals surface area contributed by atoms with Gasteiger partial charge >= 0.3 is 5.97 Å². The highest BCUT2D eigenvalue weighted by molar-refractivity contribution is 5.98. The number of aliphatic hydroxyl groups excluding tert-OH is 1. The molecule has 8 nitrogen and oxygen atoms in total. The molecule has 0 radical (unpaired) electrons. The molecular weight excluding hydrogens is 388 g/mol. The van der Waals surface area contributed by atoms with E-state index in [1.165, 1.54) is 4.90 Å². The molecule has 3 aliphatic heterocycles. The van der Waals surface area contributed by atoms with Crippen LogP contribution in [-0.4, -0.2) is 70.8 Å². The number of aliphatic hydroxyl groups is 1. The number of hydrogen-bond acceptors (Lipinski definition) is 6. The van der Waals surface area contributed by atoms with Crippen molar-refractivity contribution in [1.82, 2.24) is 10.2 Å². The zero-order chi connectivity index (χ0) is 22.5. The summed E-state index contributed by atoms with van der Waals surface area (Å²) in [5.74, 6) is -2.49. The number of hydrogen-bond donors (Lipinski definition) is 2. The van der Waals surface area contributed by atoms with Crippen LogP contribution in [0.5, 0.6) is 0 Å². The van der Waals surface area contributed by atoms with Crippen LogP contribution in [0.1, 0.15) is 60.8 Å². The molecule has 5 atom stereocenters. The molecule has 2 amide bonds. The summed E-state index contributed by atoms with van der Waals surface area (Å²) in [6.07, 6.45) is 1.48. The molecule has 1 spiro atoms. The maximum atomic E-state index is 13.5. The first-order valence-corrected chi connectivity index (χ1v) is 10.9. The van der Waals surface area contributed by atoms with Crippen LogP contribution in [0.3, 0.4) is 0 Å². The van der Waals surface area contributed by atoms with Crippen molar-refractivity contribution in [3.8, 4) is 0 Å². The number of nitrogens with zero attached hydrogens (tertiary/aromatic N) is 1. The number of β-amino-alcohol motifs (C(OH)–C–C–N with tert-alkyl or cyclic N) is 1. The minimum Gasteiger partial charge on any atom is -0.466 e. The van der Waals surface area contributed by atoms with Crippen molar-refractivity contribution in [3.05, 3.63) is 0 Å². The quantitative estimate of drug-likeness (QED) is 0.596. The molecule has 3 saturated heterocycles. The maximum absolute atomic E-state index is 13.5. The average molecular weight is 425 g/mol. The van der Waals surface area contributed by atoms with Gasteiger partial charge in [-0.05, 0) is 45.4 Å². The number of amides is 2. The van der Waals surface area contributed by atoms with Crippen LogP contribution in [0.25, 0.3) is 0 Å². The second-order valence-corrected chi connectivity index (χ2v) is 10.7. The van der Waals surface area contributed by atoms with Crippen molar-refractivity contribution in [2.45, 2.75) is 84.1 Å². The first-order chi connectivity index (χ1) is 13.9. The van der Waals surface area contributed by atoms with Gasteiger partial charge in [0.05, 0.1) is 31.2 Å². The number of carbonyl (C=O) groups is 3. The fourth-order valence-corrected chi connectivity index (χ4v) is 6.08. The van der Waals surface area contributed by atoms with Gasteiger partial charge in [0.2, 0.25) is 11.8 Å². The van der Waals surface area contributed by atoms with E-state index in [0.717, 1.165) is 6.42 Å². The highest BCUT2D eigenvalue weighted by atomic mass is 16.6. The number of ether oxygens (including phenoxy) is 2. The number of nitrogens with one attached hydrogen (secondary N) is 1. The summed E-state index contributed by atoms with van der Waals surface area (Å²) in [5, 5.41) is 12.7. The second-order valence-electron chi connectivity index (χ2n) is 10.7. The minimum atomic E-state index is -1.05. The topological polar surface area (TPSA) is 105 Å². The molecule has 3 aliphatic rings. The van der Waals surface area contributed by atoms with Gasteiger partial charge in [-0.2, -0.15) is 0 Å². The van der Waals surface area contributed by atoms with Crippen molar-refractivity contribution in [2.75, 3.05) is 19.8 Å². The third-order valence-electron chi connectivity index (χ3n) is 6.38. The van der Waals surface area contributed by atoms with Crippen LogP contribution < -0.4 is 5.32 Å². The Morgan fingerprint density at radius 3 is 2.53 bits per heavy atom. The van der Waals surface area contributed by atoms with Crippen molar-refractivity contribution in [3.63, 3.8) is 0 Å². The van der Waals surface area contributed by atoms with Crippen LogP contribution in [-0.2, 0) is 23.9 Å². The monoisotopic (exact) mass is 424 g/mol. The van der Waals surface area contributed by atoms with E-state index < -0.39 is 41.1 Å². The van der Waals surface area contributed by atoms with Gasteiger partial charge in [-0.3, -0.25) is 14.4 Å². The Morgan fingerprint density at radius 1 is 1.30 bits per heavy atom. The second kappa shape index (κ2) is 7.79. The zero-order valence-corrected chi connectivity index (χ0v) is 19.0. The van der Waals surface area contributed by atoms with Crippen LogP contribution in [0.15, 0.2) is 0 Å². The first kappa shape index (κ1) is 23.0. The summed E-state index contributed by atoms with van der Waals surface area (Å²) in [6, 6.07) is -0.870. The molecule has 3 heterocycles. The summed E-state index contributed by atoms with van der Waals surface area (Å²) < 4.78 is 11.5. The predicted octanol–water partition coefficient (Wildman–Crippen LogP) is 1.25. The highest BCUT2D eigenvalue weighted by Crippen LogP contribution is 2.58. The Balaban J connectivity index is 1.92. The number of rotatable bonds is 7. The third-order valence-corrected chi connectivity index (χ3v) is 6.38. The Hall–Kier alpha value is -1.67. The SMILES string of the molecule is CCOC(=O)[C@@H]1[C@H]2C(=O)N(CCO)C(C(=O)NC(C)(C)CC(C)(C)C)C23CC[C@H]1O3. The van der Waals surface area contributed by atoms with Gasteiger partial charge in [-0.25, -0.2) is 0 Å². The standard InChI is InChI=1S/C22H36N2O6/c1-7-29-19(28)14-13-8-9-22(30-13)15(14)18(27)24(10-11-25)16(22)17(26)23-21(5,6)12-20(2,3)4/h13-16,25H,7-12H2,1-6H3,(H,23,26)/t13-,14+,15+,16?,22?/m1/s1. The molecule has 3 fully saturated rings. The molecular formula is C22H36N2O6. The van der Waals surface area contributed by atoms with E-state index in [0.29, 0.717) is 12.8 Å². The van der Waals surface area contributed by atoms with Crippen LogP contribution in [0.4, 0.5) is 0 Å². The van der Waals surface area contributed by atoms with E-state index >= 15 is 0 Å². The van der Waals surface area contributed by atoms with Crippen molar-refractivity contribution < 1.29 is 29.0 Å². The molecule has 2 N–H and O–H groups in total. The molecule has 0 aromatic carbocycles. The Morgan fingerprint density at radius 2 is 1.97 bits per heavy atom. The molecule has 170 valence electrons. The van der Waals surface area contributed by atoms with Gasteiger partial charge in [-0.15, -0.1) is 0 Å². The zero-order valence-electron chi connectivity index (χ0n) is 19.0. The summed E-state index contributed by atoms with van der Waals surface area (Å²) in [6.45, 7) is 12.0. The van der Waals surface area contributed by atoms with E-state index in [9.17, 15) is 19.5 Å². The number of fused-ring (bicyclic) bond motifs is 1. The Kier molecular flexibility index (Phi) is 5.97. The van der Waals surface area contributed by atoms with E-state index in [1.54, 1.807) is 6.92 Å². The molecule has 0 aromatic rings. The van der Waals surface area contributed by atoms with Crippen LogP contribution in [0.2, 0.25) is 0 Å². The normalized spacial score (nSPS) is 33.0. The molecule has 0 saturated carbocycles. The van der Waals surface area contributed by atoms with E-state index in [-0.39, 0.29) is 37.0 Å². The molecule has 2 bridgehead atoms. The summed E-state index contributed by atoms with van der Waals surface area (Å²) in [7, 11) is 0. The summed E-state index contributed by atoms with van der Waals surface area (Å²) >= 11 is 0. The lowest BCUT2D eigenvalue weighted by Crippen LogP contribution is -2.59. The number of esters is 1. The van der Waals surface area contributed by atoms with Gasteiger partial charge < -0.3 is 24.8 Å². The van der Waals surface area contributed by atoms with Gasteiger partial charge in [0, 0.05) is 12.1 Å². The third kappa shape index (κ3) is 3.84. The lowest BCUT2D eigenvalue weighted by atomic mass is 9.70. The fourth-order valence-electron chi connectivity index (χ4n) is 6.08. The van der Waals surface area contributed by atoms with E-state index in [1.807, 2.05) is 13.8 Å². The molecule has 0 aromatic heterocycles. The predicted molar refractivity (Wildman–Crippen MR) is 109 cm³/mol. The smallest absolute Gasteiger partial charge is 0.312 e. The number of likely N-dealkylation sites (tertiary alicyclic amines) is 1. The number of carbonyl (C=O) groups excluding carboxylic acids is 3. The average Bonchev–Trinajstić information content (AvgIpc) is 3.21.